The summed E-state index contributed by atoms with van der Waals surface area (Å²) in [5.41, 5.74) is 4.42. The number of nitrogens with one attached hydrogen (secondary N) is 7. The van der Waals surface area contributed by atoms with Gasteiger partial charge in [-0.3, -0.25) is 38.4 Å². The van der Waals surface area contributed by atoms with Gasteiger partial charge in [0.25, 0.3) is 11.8 Å². The van der Waals surface area contributed by atoms with Gasteiger partial charge in [0, 0.05) is 82.5 Å². The molecule has 4 aliphatic rings. The van der Waals surface area contributed by atoms with E-state index < -0.39 is 29.9 Å². The average Bonchev–Trinajstić information content (AvgIpc) is 2.92. The van der Waals surface area contributed by atoms with E-state index in [0.717, 1.165) is 86.5 Å². The van der Waals surface area contributed by atoms with E-state index in [1.807, 2.05) is 84.3 Å². The Morgan fingerprint density at radius 1 is 0.517 bits per heavy atom. The molecule has 8 rings (SSSR count). The number of carbonyl (C=O) groups excluding carboxylic acids is 8. The van der Waals surface area contributed by atoms with E-state index in [-0.39, 0.29) is 91.5 Å². The number of rotatable bonds is 26. The fourth-order valence-electron chi connectivity index (χ4n) is 12.5. The minimum atomic E-state index is -0.667. The number of benzene rings is 4. The highest BCUT2D eigenvalue weighted by Crippen LogP contribution is 2.30. The highest BCUT2D eigenvalue weighted by Gasteiger charge is 2.41. The van der Waals surface area contributed by atoms with Gasteiger partial charge in [-0.1, -0.05) is 137 Å². The van der Waals surface area contributed by atoms with Gasteiger partial charge in [0.15, 0.2) is 0 Å². The molecule has 0 aromatic heterocycles. The zero-order chi connectivity index (χ0) is 61.7. The number of hydrogen-bond donors (Lipinski definition) is 7. The second-order valence-corrected chi connectivity index (χ2v) is 24.4. The minimum absolute atomic E-state index is 0.0244. The number of piperazine rings is 2. The van der Waals surface area contributed by atoms with Crippen molar-refractivity contribution in [3.8, 4) is 11.1 Å². The Balaban J connectivity index is 0.874. The van der Waals surface area contributed by atoms with Crippen LogP contribution in [0.1, 0.15) is 117 Å². The summed E-state index contributed by atoms with van der Waals surface area (Å²) in [7, 11) is 1.72. The van der Waals surface area contributed by atoms with E-state index in [1.54, 1.807) is 72.3 Å². The molecule has 2 heterocycles. The Labute approximate surface area is 514 Å². The molecule has 5 atom stereocenters. The summed E-state index contributed by atoms with van der Waals surface area (Å²) in [6, 6.07) is 31.3. The van der Waals surface area contributed by atoms with Crippen molar-refractivity contribution in [1.29, 1.82) is 0 Å². The van der Waals surface area contributed by atoms with Crippen LogP contribution in [0.4, 0.5) is 0 Å². The first-order valence-electron chi connectivity index (χ1n) is 31.9. The molecule has 468 valence electrons. The van der Waals surface area contributed by atoms with Crippen LogP contribution in [-0.2, 0) is 41.6 Å². The first kappa shape index (κ1) is 65.5. The van der Waals surface area contributed by atoms with Gasteiger partial charge in [0.05, 0.1) is 31.2 Å². The lowest BCUT2D eigenvalue weighted by Crippen LogP contribution is -2.64. The van der Waals surface area contributed by atoms with Crippen molar-refractivity contribution in [3.05, 3.63) is 131 Å². The Kier molecular flexibility index (Phi) is 24.9. The predicted molar refractivity (Wildman–Crippen MR) is 337 cm³/mol. The van der Waals surface area contributed by atoms with Crippen LogP contribution in [0.3, 0.4) is 0 Å². The lowest BCUT2D eigenvalue weighted by atomic mass is 9.83. The number of hydrogen-bond acceptors (Lipinski definition) is 11. The van der Waals surface area contributed by atoms with E-state index >= 15 is 0 Å². The van der Waals surface area contributed by atoms with Crippen molar-refractivity contribution in [3.63, 3.8) is 0 Å². The topological polar surface area (TPSA) is 234 Å². The zero-order valence-electron chi connectivity index (χ0n) is 51.5. The van der Waals surface area contributed by atoms with Crippen LogP contribution in [0.2, 0.25) is 0 Å². The Bertz CT molecular complexity index is 2900. The van der Waals surface area contributed by atoms with Crippen molar-refractivity contribution in [2.75, 3.05) is 85.6 Å². The van der Waals surface area contributed by atoms with Crippen LogP contribution in [0.15, 0.2) is 109 Å². The lowest BCUT2D eigenvalue weighted by Gasteiger charge is -2.42. The molecule has 0 unspecified atom stereocenters. The molecular formula is C68H93N11O8. The third kappa shape index (κ3) is 18.8. The second-order valence-electron chi connectivity index (χ2n) is 24.4. The van der Waals surface area contributed by atoms with E-state index in [9.17, 15) is 38.4 Å². The molecule has 2 saturated carbocycles. The molecule has 19 heteroatoms. The van der Waals surface area contributed by atoms with E-state index in [1.165, 1.54) is 0 Å². The SMILES string of the molecule is CN[C@@H](C)C(=O)N[C@H](C(=O)N1CCNC[C@H]1CN(CCc1ccccc1)C(=O)CNC(=O)c1ccc(-c2ccc(C(=O)NCC(=O)N(CCc3ccccc3)C[C@@H]3CNCCN3C(=O)[C@@H](NC(=O)C(C)C)C3CCCCC3)cc2)cc1)C1CCCCC1. The summed E-state index contributed by atoms with van der Waals surface area (Å²) in [6.45, 7) is 9.19. The van der Waals surface area contributed by atoms with Crippen molar-refractivity contribution < 1.29 is 38.4 Å². The summed E-state index contributed by atoms with van der Waals surface area (Å²) in [6.07, 6.45) is 10.9. The minimum Gasteiger partial charge on any atom is -0.344 e. The van der Waals surface area contributed by atoms with Gasteiger partial charge < -0.3 is 56.8 Å². The number of nitrogens with zero attached hydrogens (tertiary/aromatic N) is 4. The summed E-state index contributed by atoms with van der Waals surface area (Å²) >= 11 is 0. The molecular weight excluding hydrogens is 1100 g/mol. The van der Waals surface area contributed by atoms with Gasteiger partial charge in [-0.05, 0) is 111 Å². The number of likely N-dealkylation sites (N-methyl/N-ethyl adjacent to an activating group) is 1. The second kappa shape index (κ2) is 33.0. The smallest absolute Gasteiger partial charge is 0.251 e. The Morgan fingerprint density at radius 3 is 1.29 bits per heavy atom. The highest BCUT2D eigenvalue weighted by atomic mass is 16.2. The van der Waals surface area contributed by atoms with Gasteiger partial charge >= 0.3 is 0 Å². The predicted octanol–water partition coefficient (Wildman–Crippen LogP) is 4.95. The fraction of sp³-hybridized carbons (Fsp3) is 0.529. The quantitative estimate of drug-likeness (QED) is 0.0445. The molecule has 19 nitrogen and oxygen atoms in total. The lowest BCUT2D eigenvalue weighted by molar-refractivity contribution is -0.143. The Morgan fingerprint density at radius 2 is 0.908 bits per heavy atom. The number of carbonyl (C=O) groups is 8. The normalized spacial score (nSPS) is 18.6. The summed E-state index contributed by atoms with van der Waals surface area (Å²) in [4.78, 5) is 118. The molecule has 4 aromatic rings. The maximum atomic E-state index is 14.6. The van der Waals surface area contributed by atoms with Crippen molar-refractivity contribution in [1.82, 2.24) is 56.8 Å². The van der Waals surface area contributed by atoms with Gasteiger partial charge in [-0.2, -0.15) is 0 Å². The van der Waals surface area contributed by atoms with Crippen LogP contribution in [0, 0.1) is 17.8 Å². The summed E-state index contributed by atoms with van der Waals surface area (Å²) in [5, 5.41) is 21.7. The molecule has 0 radical (unpaired) electrons. The maximum Gasteiger partial charge on any atom is 0.251 e. The molecule has 87 heavy (non-hydrogen) atoms. The van der Waals surface area contributed by atoms with Crippen molar-refractivity contribution >= 4 is 47.3 Å². The van der Waals surface area contributed by atoms with Crippen LogP contribution < -0.4 is 37.2 Å². The zero-order valence-corrected chi connectivity index (χ0v) is 51.5. The van der Waals surface area contributed by atoms with Gasteiger partial charge in [-0.15, -0.1) is 0 Å². The van der Waals surface area contributed by atoms with Crippen LogP contribution in [-0.4, -0.2) is 183 Å². The molecule has 8 amide bonds. The standard InChI is InChI=1S/C68H93N11O8/c1-47(2)63(82)74-61(53-21-13-7-14-22-53)67(86)78-39-35-70-41-57(78)45-76(37-33-49-17-9-5-10-18-49)59(80)43-72-65(84)55-29-25-51(26-30-55)52-27-31-56(32-28-52)66(85)73-44-60(81)77(38-34-50-19-11-6-12-20-50)46-58-42-71-36-40-79(58)68(87)62(54-23-15-8-16-24-54)75-64(83)48(3)69-4/h5-6,9-12,17-20,25-32,47-48,53-54,57-58,61-62,69-71H,7-8,13-16,21-24,33-46H2,1-4H3,(H,72,84)(H,73,85)(H,74,82)(H,75,83)/t48-,57-,58-,61-,62-/m0/s1. The van der Waals surface area contributed by atoms with Crippen LogP contribution in [0.25, 0.3) is 11.1 Å². The Hall–Kier alpha value is -7.48. The third-order valence-corrected chi connectivity index (χ3v) is 18.0. The third-order valence-electron chi connectivity index (χ3n) is 18.0. The molecule has 0 bridgehead atoms. The van der Waals surface area contributed by atoms with Gasteiger partial charge in [-0.25, -0.2) is 0 Å². The molecule has 7 N–H and O–H groups in total. The van der Waals surface area contributed by atoms with Crippen molar-refractivity contribution in [2.45, 2.75) is 128 Å². The number of amides is 8. The first-order chi connectivity index (χ1) is 42.2. The van der Waals surface area contributed by atoms with E-state index in [4.69, 9.17) is 0 Å². The van der Waals surface area contributed by atoms with Gasteiger partial charge in [0.1, 0.15) is 12.1 Å². The molecule has 4 aromatic carbocycles. The maximum absolute atomic E-state index is 14.6. The van der Waals surface area contributed by atoms with Crippen LogP contribution in [0.5, 0.6) is 0 Å². The van der Waals surface area contributed by atoms with Crippen molar-refractivity contribution in [2.24, 2.45) is 17.8 Å². The molecule has 4 fully saturated rings. The van der Waals surface area contributed by atoms with Gasteiger partial charge in [0.2, 0.25) is 35.4 Å². The van der Waals surface area contributed by atoms with E-state index in [2.05, 4.69) is 37.2 Å². The average molecular weight is 1190 g/mol. The fourth-order valence-corrected chi connectivity index (χ4v) is 12.5. The summed E-state index contributed by atoms with van der Waals surface area (Å²) < 4.78 is 0. The monoisotopic (exact) mass is 1190 g/mol. The summed E-state index contributed by atoms with van der Waals surface area (Å²) in [5.74, 6) is -2.19. The highest BCUT2D eigenvalue weighted by molar-refractivity contribution is 5.98. The van der Waals surface area contributed by atoms with Crippen LogP contribution >= 0.6 is 0 Å². The molecule has 0 spiro atoms. The molecule has 2 aliphatic carbocycles. The largest absolute Gasteiger partial charge is 0.344 e. The first-order valence-corrected chi connectivity index (χ1v) is 31.9. The van der Waals surface area contributed by atoms with E-state index in [0.29, 0.717) is 76.3 Å². The molecule has 2 aliphatic heterocycles. The molecule has 2 saturated heterocycles.